The van der Waals surface area contributed by atoms with E-state index in [0.717, 1.165) is 15.5 Å². The zero-order valence-corrected chi connectivity index (χ0v) is 41.0. The van der Waals surface area contributed by atoms with E-state index in [1.807, 2.05) is 60.3 Å². The lowest BCUT2D eigenvalue weighted by molar-refractivity contribution is 1.04. The van der Waals surface area contributed by atoms with Crippen LogP contribution in [0.25, 0.3) is 0 Å². The fourth-order valence-electron chi connectivity index (χ4n) is 8.65. The fourth-order valence-corrected chi connectivity index (χ4v) is 63.8. The summed E-state index contributed by atoms with van der Waals surface area (Å²) in [6.45, 7) is 48.1. The Morgan fingerprint density at radius 1 is 0.415 bits per heavy atom. The maximum atomic E-state index is 2.87. The van der Waals surface area contributed by atoms with Gasteiger partial charge in [0.2, 0.25) is 0 Å². The van der Waals surface area contributed by atoms with Crippen LogP contribution < -0.4 is 0 Å². The van der Waals surface area contributed by atoms with Crippen LogP contribution in [0.3, 0.4) is 0 Å². The molecule has 1 fully saturated rings. The van der Waals surface area contributed by atoms with Gasteiger partial charge in [-0.25, -0.2) is 0 Å². The fraction of sp³-hybridized carbons (Fsp3) is 0.786. The zero-order valence-electron chi connectivity index (χ0n) is 29.3. The summed E-state index contributed by atoms with van der Waals surface area (Å²) < 4.78 is 0.479. The lowest BCUT2D eigenvalue weighted by atomic mass is 10.00. The zero-order chi connectivity index (χ0) is 32.0. The van der Waals surface area contributed by atoms with Crippen molar-refractivity contribution < 1.29 is 0 Å². The molecule has 0 nitrogen and oxygen atoms in total. The van der Waals surface area contributed by atoms with E-state index in [1.54, 1.807) is 11.1 Å². The number of hydrogen-bond acceptors (Lipinski definition) is 7. The van der Waals surface area contributed by atoms with Gasteiger partial charge < -0.3 is 0 Å². The molecule has 0 saturated carbocycles. The van der Waals surface area contributed by atoms with Gasteiger partial charge in [-0.05, 0) is 86.9 Å². The first-order valence-corrected chi connectivity index (χ1v) is 45.4. The minimum atomic E-state index is -1.52. The van der Waals surface area contributed by atoms with Gasteiger partial charge in [-0.2, -0.15) is 0 Å². The van der Waals surface area contributed by atoms with Crippen molar-refractivity contribution in [1.82, 2.24) is 0 Å². The molecule has 2 rings (SSSR count). The van der Waals surface area contributed by atoms with E-state index >= 15 is 0 Å². The molecule has 1 aliphatic heterocycles. The van der Waals surface area contributed by atoms with Gasteiger partial charge in [-0.1, -0.05) is 152 Å². The molecule has 1 aromatic rings. The van der Waals surface area contributed by atoms with Gasteiger partial charge in [-0.3, -0.25) is 0 Å². The van der Waals surface area contributed by atoms with Crippen LogP contribution in [0.4, 0.5) is 0 Å². The second-order valence-corrected chi connectivity index (χ2v) is 63.7. The Bertz CT molecular complexity index is 924. The molecule has 0 amide bonds. The Morgan fingerprint density at radius 3 is 0.951 bits per heavy atom. The predicted molar refractivity (Wildman–Crippen MR) is 231 cm³/mol. The summed E-state index contributed by atoms with van der Waals surface area (Å²) in [7, 11) is 5.21. The Labute approximate surface area is 288 Å². The van der Waals surface area contributed by atoms with Crippen LogP contribution in [0.2, 0.25) is 118 Å². The van der Waals surface area contributed by atoms with Crippen molar-refractivity contribution in [3.63, 3.8) is 0 Å². The SMILES string of the molecule is C[Si](C)(C)C(c1cc(C([Si](C)(C)C)[Si](C)(C)C)c(C2SSSSSSS2)c(C([Si](C)(C)C)[Si](C)(C)C)c1)[Si](C)(C)C. The molecule has 0 aliphatic carbocycles. The number of hydrogen-bond donors (Lipinski definition) is 0. The third-order valence-electron chi connectivity index (χ3n) is 8.02. The molecule has 0 aromatic heterocycles. The van der Waals surface area contributed by atoms with Crippen LogP contribution in [-0.4, -0.2) is 48.4 Å². The monoisotopic (exact) mass is 788 g/mol. The molecule has 0 spiro atoms. The summed E-state index contributed by atoms with van der Waals surface area (Å²) in [4.78, 5) is 0. The highest BCUT2D eigenvalue weighted by atomic mass is 33.9. The highest BCUT2D eigenvalue weighted by molar-refractivity contribution is 9.47. The standard InChI is InChI=1S/C28H60S7Si6/c1-36(2,3)26(37(4,5)6)21-19-22(27(38(7,8)9)39(10,11)12)24(25-29-31-33-35-34-32-30-25)23(20-21)28(40(13,14)15)41(16,17)18/h19-20,25-28H,1-18H3. The third-order valence-corrected chi connectivity index (χ3v) is 50.1. The molecular weight excluding hydrogens is 729 g/mol. The molecule has 0 bridgehead atoms. The van der Waals surface area contributed by atoms with Crippen molar-refractivity contribution in [3.8, 4) is 0 Å². The summed E-state index contributed by atoms with van der Waals surface area (Å²) in [6.07, 6.45) is 0. The van der Waals surface area contributed by atoms with Gasteiger partial charge in [0.15, 0.2) is 0 Å². The van der Waals surface area contributed by atoms with E-state index in [2.05, 4.69) is 152 Å². The van der Waals surface area contributed by atoms with E-state index in [4.69, 9.17) is 0 Å². The largest absolute Gasteiger partial charge is 0.0980 e. The molecule has 13 heteroatoms. The highest BCUT2D eigenvalue weighted by Gasteiger charge is 2.47. The Morgan fingerprint density at radius 2 is 0.683 bits per heavy atom. The average Bonchev–Trinajstić information content (AvgIpc) is 2.61. The topological polar surface area (TPSA) is 0 Å². The first-order chi connectivity index (χ1) is 18.2. The van der Waals surface area contributed by atoms with E-state index in [0.29, 0.717) is 4.58 Å². The predicted octanol–water partition coefficient (Wildman–Crippen LogP) is 14.8. The van der Waals surface area contributed by atoms with E-state index in [-0.39, 0.29) is 0 Å². The molecule has 1 aliphatic rings. The van der Waals surface area contributed by atoms with Crippen LogP contribution in [0.1, 0.15) is 42.3 Å². The van der Waals surface area contributed by atoms with Crippen LogP contribution in [-0.2, 0) is 0 Å². The van der Waals surface area contributed by atoms with Crippen molar-refractivity contribution in [1.29, 1.82) is 0 Å². The van der Waals surface area contributed by atoms with Gasteiger partial charge in [-0.15, -0.1) is 0 Å². The summed E-state index contributed by atoms with van der Waals surface area (Å²) in [5, 5.41) is 2.29. The molecule has 1 aromatic carbocycles. The summed E-state index contributed by atoms with van der Waals surface area (Å²) in [5.74, 6) is 0. The molecule has 0 radical (unpaired) electrons. The van der Waals surface area contributed by atoms with Crippen molar-refractivity contribution in [2.45, 2.75) is 138 Å². The third kappa shape index (κ3) is 11.0. The normalized spacial score (nSPS) is 17.9. The molecule has 0 N–H and O–H groups in total. The highest BCUT2D eigenvalue weighted by Crippen LogP contribution is 2.67. The Balaban J connectivity index is 3.26. The number of benzene rings is 1. The van der Waals surface area contributed by atoms with Crippen molar-refractivity contribution in [3.05, 3.63) is 34.4 Å². The maximum absolute atomic E-state index is 2.87. The Hall–Kier alpha value is 2.97. The molecule has 1 saturated heterocycles. The molecule has 0 unspecified atom stereocenters. The lowest BCUT2D eigenvalue weighted by Crippen LogP contribution is -2.50. The minimum Gasteiger partial charge on any atom is -0.0693 e. The van der Waals surface area contributed by atoms with Crippen molar-refractivity contribution in [2.24, 2.45) is 0 Å². The van der Waals surface area contributed by atoms with Gasteiger partial charge >= 0.3 is 0 Å². The van der Waals surface area contributed by atoms with Gasteiger partial charge in [0.05, 0.1) is 4.58 Å². The quantitative estimate of drug-likeness (QED) is 0.169. The molecule has 41 heavy (non-hydrogen) atoms. The number of rotatable bonds is 10. The molecular formula is C28H60S7Si6. The van der Waals surface area contributed by atoms with Crippen LogP contribution in [0, 0.1) is 0 Å². The lowest BCUT2D eigenvalue weighted by Gasteiger charge is -2.46. The first kappa shape index (κ1) is 40.1. The van der Waals surface area contributed by atoms with Crippen LogP contribution in [0.5, 0.6) is 0 Å². The minimum absolute atomic E-state index is 0.479. The smallest absolute Gasteiger partial charge is 0.0693 e. The maximum Gasteiger partial charge on any atom is 0.0980 e. The van der Waals surface area contributed by atoms with E-state index in [9.17, 15) is 0 Å². The van der Waals surface area contributed by atoms with Crippen LogP contribution >= 0.6 is 70.7 Å². The van der Waals surface area contributed by atoms with Gasteiger partial charge in [0, 0.05) is 48.4 Å². The summed E-state index contributed by atoms with van der Waals surface area (Å²) >= 11 is 0. The van der Waals surface area contributed by atoms with E-state index in [1.165, 1.54) is 0 Å². The second-order valence-electron chi connectivity index (χ2n) is 18.5. The molecule has 1 heterocycles. The molecule has 238 valence electrons. The van der Waals surface area contributed by atoms with E-state index < -0.39 is 48.4 Å². The van der Waals surface area contributed by atoms with Crippen LogP contribution in [0.15, 0.2) is 12.1 Å². The second kappa shape index (κ2) is 14.6. The average molecular weight is 790 g/mol. The Kier molecular flexibility index (Phi) is 14.3. The summed E-state index contributed by atoms with van der Waals surface area (Å²) in [6, 6.07) is 5.74. The molecule has 0 atom stereocenters. The summed E-state index contributed by atoms with van der Waals surface area (Å²) in [5.41, 5.74) is 7.16. The van der Waals surface area contributed by atoms with Gasteiger partial charge in [0.1, 0.15) is 0 Å². The van der Waals surface area contributed by atoms with Crippen molar-refractivity contribution >= 4 is 119 Å². The van der Waals surface area contributed by atoms with Gasteiger partial charge in [0.25, 0.3) is 0 Å². The first-order valence-electron chi connectivity index (χ1n) is 15.0. The van der Waals surface area contributed by atoms with Crippen molar-refractivity contribution in [2.75, 3.05) is 0 Å².